The molecule has 0 aromatic rings. The standard InChI is InChI=1S/C21H35N3O2/c1-7-22-14-17-12-19(24-10-8-21(5,6)9-11-24)18(16(4)23-17)13-20(25)26-15(2)3/h7,15,17,22H,1,8-14H2,2-6H3. The van der Waals surface area contributed by atoms with E-state index in [0.29, 0.717) is 11.8 Å². The molecule has 0 aliphatic carbocycles. The number of carbonyl (C=O) groups is 1. The number of dihydropyridines is 1. The molecule has 1 N–H and O–H groups in total. The molecule has 146 valence electrons. The lowest BCUT2D eigenvalue weighted by Gasteiger charge is -2.42. The summed E-state index contributed by atoms with van der Waals surface area (Å²) >= 11 is 0. The van der Waals surface area contributed by atoms with E-state index in [4.69, 9.17) is 9.73 Å². The summed E-state index contributed by atoms with van der Waals surface area (Å²) in [5.74, 6) is -0.165. The summed E-state index contributed by atoms with van der Waals surface area (Å²) in [5.41, 5.74) is 3.71. The fourth-order valence-corrected chi connectivity index (χ4v) is 3.67. The Morgan fingerprint density at radius 1 is 1.42 bits per heavy atom. The number of esters is 1. The molecular formula is C21H35N3O2. The summed E-state index contributed by atoms with van der Waals surface area (Å²) in [4.78, 5) is 19.6. The van der Waals surface area contributed by atoms with Gasteiger partial charge in [0.1, 0.15) is 0 Å². The maximum atomic E-state index is 12.3. The Bertz CT molecular complexity index is 580. The second kappa shape index (κ2) is 8.74. The molecule has 1 atom stereocenters. The van der Waals surface area contributed by atoms with Crippen LogP contribution in [-0.4, -0.2) is 48.4 Å². The van der Waals surface area contributed by atoms with Crippen LogP contribution >= 0.6 is 0 Å². The molecule has 0 aromatic carbocycles. The molecule has 5 heteroatoms. The van der Waals surface area contributed by atoms with Crippen LogP contribution in [0.2, 0.25) is 0 Å². The van der Waals surface area contributed by atoms with Gasteiger partial charge in [0.05, 0.1) is 18.6 Å². The van der Waals surface area contributed by atoms with E-state index >= 15 is 0 Å². The van der Waals surface area contributed by atoms with Crippen LogP contribution in [0.5, 0.6) is 0 Å². The molecule has 1 saturated heterocycles. The molecule has 2 aliphatic rings. The van der Waals surface area contributed by atoms with Gasteiger partial charge in [0.15, 0.2) is 0 Å². The minimum absolute atomic E-state index is 0.0901. The first kappa shape index (κ1) is 20.5. The van der Waals surface area contributed by atoms with Gasteiger partial charge in [-0.15, -0.1) is 0 Å². The van der Waals surface area contributed by atoms with Crippen LogP contribution < -0.4 is 5.32 Å². The van der Waals surface area contributed by atoms with Gasteiger partial charge in [-0.05, 0) is 45.2 Å². The normalized spacial score (nSPS) is 22.9. The second-order valence-corrected chi connectivity index (χ2v) is 8.48. The van der Waals surface area contributed by atoms with Gasteiger partial charge in [0, 0.05) is 43.0 Å². The van der Waals surface area contributed by atoms with Crippen LogP contribution in [0.3, 0.4) is 0 Å². The number of likely N-dealkylation sites (tertiary alicyclic amines) is 1. The molecule has 0 saturated carbocycles. The molecule has 2 aliphatic heterocycles. The van der Waals surface area contributed by atoms with E-state index in [9.17, 15) is 4.79 Å². The van der Waals surface area contributed by atoms with Gasteiger partial charge in [-0.3, -0.25) is 9.79 Å². The van der Waals surface area contributed by atoms with Gasteiger partial charge >= 0.3 is 5.97 Å². The molecule has 1 fully saturated rings. The number of aliphatic imine (C=N–C) groups is 1. The van der Waals surface area contributed by atoms with Crippen LogP contribution in [0.25, 0.3) is 0 Å². The van der Waals surface area contributed by atoms with Crippen LogP contribution in [-0.2, 0) is 9.53 Å². The van der Waals surface area contributed by atoms with Gasteiger partial charge in [-0.1, -0.05) is 20.4 Å². The molecule has 2 rings (SSSR count). The van der Waals surface area contributed by atoms with Crippen molar-refractivity contribution in [3.05, 3.63) is 24.0 Å². The number of nitrogens with one attached hydrogen (secondary N) is 1. The number of rotatable bonds is 7. The van der Waals surface area contributed by atoms with Crippen molar-refractivity contribution in [3.63, 3.8) is 0 Å². The van der Waals surface area contributed by atoms with E-state index in [2.05, 4.69) is 30.6 Å². The summed E-state index contributed by atoms with van der Waals surface area (Å²) in [6.45, 7) is 17.1. The predicted octanol–water partition coefficient (Wildman–Crippen LogP) is 3.67. The maximum absolute atomic E-state index is 12.3. The highest BCUT2D eigenvalue weighted by Crippen LogP contribution is 2.35. The second-order valence-electron chi connectivity index (χ2n) is 8.48. The van der Waals surface area contributed by atoms with Gasteiger partial charge in [-0.2, -0.15) is 0 Å². The van der Waals surface area contributed by atoms with Crippen molar-refractivity contribution in [2.24, 2.45) is 10.4 Å². The molecule has 0 aromatic heterocycles. The molecule has 0 spiro atoms. The van der Waals surface area contributed by atoms with Crippen LogP contribution in [0.1, 0.15) is 60.3 Å². The third-order valence-electron chi connectivity index (χ3n) is 5.28. The van der Waals surface area contributed by atoms with Crippen LogP contribution in [0.15, 0.2) is 29.0 Å². The highest BCUT2D eigenvalue weighted by Gasteiger charge is 2.31. The van der Waals surface area contributed by atoms with Gasteiger partial charge in [0.2, 0.25) is 0 Å². The Morgan fingerprint density at radius 2 is 2.08 bits per heavy atom. The average Bonchev–Trinajstić information content (AvgIpc) is 2.54. The fourth-order valence-electron chi connectivity index (χ4n) is 3.67. The third kappa shape index (κ3) is 5.61. The lowest BCUT2D eigenvalue weighted by Crippen LogP contribution is -2.40. The highest BCUT2D eigenvalue weighted by molar-refractivity contribution is 6.03. The van der Waals surface area contributed by atoms with E-state index in [-0.39, 0.29) is 18.1 Å². The molecule has 1 unspecified atom stereocenters. The summed E-state index contributed by atoms with van der Waals surface area (Å²) < 4.78 is 5.39. The fraction of sp³-hybridized carbons (Fsp3) is 0.714. The molecule has 26 heavy (non-hydrogen) atoms. The first-order chi connectivity index (χ1) is 12.2. The molecule has 2 heterocycles. The zero-order chi connectivity index (χ0) is 19.3. The Kier molecular flexibility index (Phi) is 6.90. The van der Waals surface area contributed by atoms with Crippen molar-refractivity contribution in [2.45, 2.75) is 72.4 Å². The predicted molar refractivity (Wildman–Crippen MR) is 107 cm³/mol. The van der Waals surface area contributed by atoms with Gasteiger partial charge in [-0.25, -0.2) is 0 Å². The van der Waals surface area contributed by atoms with Crippen molar-refractivity contribution < 1.29 is 9.53 Å². The number of hydrogen-bond acceptors (Lipinski definition) is 5. The van der Waals surface area contributed by atoms with Crippen molar-refractivity contribution in [3.8, 4) is 0 Å². The Balaban J connectivity index is 2.22. The quantitative estimate of drug-likeness (QED) is 0.703. The average molecular weight is 362 g/mol. The smallest absolute Gasteiger partial charge is 0.310 e. The SMILES string of the molecule is C=CNCC1CC(N2CCC(C)(C)CC2)=C(CC(=O)OC(C)C)C(C)=N1. The molecular weight excluding hydrogens is 326 g/mol. The minimum Gasteiger partial charge on any atom is -0.463 e. The first-order valence-electron chi connectivity index (χ1n) is 9.77. The number of piperidine rings is 1. The molecule has 5 nitrogen and oxygen atoms in total. The molecule has 0 bridgehead atoms. The Labute approximate surface area is 158 Å². The highest BCUT2D eigenvalue weighted by atomic mass is 16.5. The summed E-state index contributed by atoms with van der Waals surface area (Å²) in [5, 5.41) is 3.18. The number of carbonyl (C=O) groups excluding carboxylic acids is 1. The largest absolute Gasteiger partial charge is 0.463 e. The van der Waals surface area contributed by atoms with Crippen molar-refractivity contribution >= 4 is 11.7 Å². The summed E-state index contributed by atoms with van der Waals surface area (Å²) in [6.07, 6.45) is 5.14. The lowest BCUT2D eigenvalue weighted by molar-refractivity contribution is -0.146. The Hall–Kier alpha value is -1.78. The van der Waals surface area contributed by atoms with Crippen molar-refractivity contribution in [1.29, 1.82) is 0 Å². The van der Waals surface area contributed by atoms with E-state index < -0.39 is 0 Å². The van der Waals surface area contributed by atoms with Gasteiger partial charge < -0.3 is 15.0 Å². The monoisotopic (exact) mass is 361 g/mol. The van der Waals surface area contributed by atoms with E-state index in [1.807, 2.05) is 20.8 Å². The van der Waals surface area contributed by atoms with Gasteiger partial charge in [0.25, 0.3) is 0 Å². The summed E-state index contributed by atoms with van der Waals surface area (Å²) in [6, 6.07) is 0.183. The summed E-state index contributed by atoms with van der Waals surface area (Å²) in [7, 11) is 0. The lowest BCUT2D eigenvalue weighted by atomic mass is 9.82. The molecule has 0 amide bonds. The van der Waals surface area contributed by atoms with E-state index in [1.54, 1.807) is 6.20 Å². The number of nitrogens with zero attached hydrogens (tertiary/aromatic N) is 2. The first-order valence-corrected chi connectivity index (χ1v) is 9.77. The topological polar surface area (TPSA) is 53.9 Å². The maximum Gasteiger partial charge on any atom is 0.310 e. The van der Waals surface area contributed by atoms with Crippen LogP contribution in [0.4, 0.5) is 0 Å². The zero-order valence-corrected chi connectivity index (χ0v) is 17.1. The number of hydrogen-bond donors (Lipinski definition) is 1. The molecule has 0 radical (unpaired) electrons. The zero-order valence-electron chi connectivity index (χ0n) is 17.1. The Morgan fingerprint density at radius 3 is 2.65 bits per heavy atom. The minimum atomic E-state index is -0.165. The van der Waals surface area contributed by atoms with Crippen LogP contribution in [0, 0.1) is 5.41 Å². The third-order valence-corrected chi connectivity index (χ3v) is 5.28. The van der Waals surface area contributed by atoms with Crippen molar-refractivity contribution in [2.75, 3.05) is 19.6 Å². The van der Waals surface area contributed by atoms with Crippen molar-refractivity contribution in [1.82, 2.24) is 10.2 Å². The van der Waals surface area contributed by atoms with E-state index in [1.165, 1.54) is 18.5 Å². The number of ether oxygens (including phenoxy) is 1. The van der Waals surface area contributed by atoms with E-state index in [0.717, 1.165) is 37.3 Å².